The maximum atomic E-state index is 12.2. The molecule has 2 amide bonds. The number of anilines is 2. The maximum Gasteiger partial charge on any atom is 0.224 e. The highest BCUT2D eigenvalue weighted by molar-refractivity contribution is 6.00. The molecule has 0 saturated heterocycles. The van der Waals surface area contributed by atoms with E-state index in [9.17, 15) is 14.4 Å². The summed E-state index contributed by atoms with van der Waals surface area (Å²) in [6, 6.07) is 13.8. The van der Waals surface area contributed by atoms with Crippen LogP contribution >= 0.6 is 0 Å². The number of rotatable bonds is 10. The summed E-state index contributed by atoms with van der Waals surface area (Å²) in [6.07, 6.45) is 0.683. The Hall–Kier alpha value is -3.15. The molecule has 0 spiro atoms. The zero-order valence-electron chi connectivity index (χ0n) is 17.2. The molecule has 0 bridgehead atoms. The van der Waals surface area contributed by atoms with E-state index in [4.69, 9.17) is 4.74 Å². The van der Waals surface area contributed by atoms with Gasteiger partial charge in [-0.3, -0.25) is 14.4 Å². The van der Waals surface area contributed by atoms with Gasteiger partial charge in [0, 0.05) is 36.2 Å². The first-order chi connectivity index (χ1) is 13.9. The third-order valence-electron chi connectivity index (χ3n) is 4.11. The summed E-state index contributed by atoms with van der Waals surface area (Å²) in [7, 11) is 0. The van der Waals surface area contributed by atoms with Gasteiger partial charge in [-0.15, -0.1) is 0 Å². The van der Waals surface area contributed by atoms with E-state index < -0.39 is 0 Å². The van der Waals surface area contributed by atoms with Gasteiger partial charge in [0.1, 0.15) is 5.75 Å². The summed E-state index contributed by atoms with van der Waals surface area (Å²) < 4.78 is 5.35. The van der Waals surface area contributed by atoms with Crippen LogP contribution in [-0.2, 0) is 9.59 Å². The third kappa shape index (κ3) is 7.78. The Kier molecular flexibility index (Phi) is 8.40. The number of benzene rings is 2. The molecule has 2 rings (SSSR count). The fraction of sp³-hybridized carbons (Fsp3) is 0.348. The number of ether oxygens (including phenoxy) is 1. The predicted molar refractivity (Wildman–Crippen MR) is 114 cm³/mol. The quantitative estimate of drug-likeness (QED) is 0.572. The zero-order valence-corrected chi connectivity index (χ0v) is 17.2. The third-order valence-corrected chi connectivity index (χ3v) is 4.11. The maximum absolute atomic E-state index is 12.2. The van der Waals surface area contributed by atoms with Gasteiger partial charge in [0.15, 0.2) is 5.78 Å². The summed E-state index contributed by atoms with van der Waals surface area (Å²) in [4.78, 5) is 36.1. The molecule has 0 aliphatic carbocycles. The van der Waals surface area contributed by atoms with E-state index >= 15 is 0 Å². The Morgan fingerprint density at radius 2 is 1.38 bits per heavy atom. The molecule has 154 valence electrons. The van der Waals surface area contributed by atoms with Crippen LogP contribution in [-0.4, -0.2) is 24.2 Å². The lowest BCUT2D eigenvalue weighted by atomic mass is 10.1. The van der Waals surface area contributed by atoms with E-state index in [0.29, 0.717) is 41.6 Å². The first-order valence-electron chi connectivity index (χ1n) is 9.83. The highest BCUT2D eigenvalue weighted by atomic mass is 16.5. The molecule has 6 heteroatoms. The second kappa shape index (κ2) is 11.0. The summed E-state index contributed by atoms with van der Waals surface area (Å²) in [6.45, 7) is 6.44. The lowest BCUT2D eigenvalue weighted by Gasteiger charge is -2.09. The summed E-state index contributed by atoms with van der Waals surface area (Å²) >= 11 is 0. The molecule has 0 aliphatic rings. The van der Waals surface area contributed by atoms with Crippen LogP contribution in [0.15, 0.2) is 48.5 Å². The van der Waals surface area contributed by atoms with Crippen molar-refractivity contribution in [3.8, 4) is 5.75 Å². The number of nitrogens with one attached hydrogen (secondary N) is 2. The lowest BCUT2D eigenvalue weighted by Crippen LogP contribution is -2.15. The Bertz CT molecular complexity index is 827. The highest BCUT2D eigenvalue weighted by Gasteiger charge is 2.10. The minimum absolute atomic E-state index is 0.0374. The molecule has 0 aromatic heterocycles. The number of ketones is 1. The molecule has 0 atom stereocenters. The highest BCUT2D eigenvalue weighted by Crippen LogP contribution is 2.16. The largest absolute Gasteiger partial charge is 0.494 e. The number of hydrogen-bond donors (Lipinski definition) is 2. The second-order valence-corrected chi connectivity index (χ2v) is 7.15. The van der Waals surface area contributed by atoms with Crippen LogP contribution in [0, 0.1) is 5.92 Å². The zero-order chi connectivity index (χ0) is 21.2. The van der Waals surface area contributed by atoms with Gasteiger partial charge < -0.3 is 15.4 Å². The van der Waals surface area contributed by atoms with E-state index in [1.165, 1.54) is 0 Å². The van der Waals surface area contributed by atoms with Crippen LogP contribution in [0.1, 0.15) is 50.4 Å². The van der Waals surface area contributed by atoms with Crippen molar-refractivity contribution in [3.05, 3.63) is 54.1 Å². The van der Waals surface area contributed by atoms with Crippen molar-refractivity contribution in [1.82, 2.24) is 0 Å². The topological polar surface area (TPSA) is 84.5 Å². The standard InChI is InChI=1S/C23H28N2O4/c1-4-29-20-11-5-17(6-12-20)21(26)13-14-22(27)24-18-7-9-19(10-8-18)25-23(28)15-16(2)3/h5-12,16H,4,13-15H2,1-3H3,(H,24,27)(H,25,28). The smallest absolute Gasteiger partial charge is 0.224 e. The molecule has 29 heavy (non-hydrogen) atoms. The van der Waals surface area contributed by atoms with Crippen molar-refractivity contribution in [2.75, 3.05) is 17.2 Å². The molecule has 0 saturated carbocycles. The molecule has 2 aromatic carbocycles. The number of Topliss-reactive ketones (excluding diaryl/α,β-unsaturated/α-hetero) is 1. The van der Waals surface area contributed by atoms with E-state index in [1.54, 1.807) is 48.5 Å². The molecule has 0 unspecified atom stereocenters. The molecule has 6 nitrogen and oxygen atoms in total. The summed E-state index contributed by atoms with van der Waals surface area (Å²) in [5.41, 5.74) is 1.85. The molecule has 0 heterocycles. The molecule has 0 radical (unpaired) electrons. The van der Waals surface area contributed by atoms with Gasteiger partial charge in [-0.1, -0.05) is 13.8 Å². The van der Waals surface area contributed by atoms with Gasteiger partial charge in [-0.25, -0.2) is 0 Å². The molecule has 0 fully saturated rings. The van der Waals surface area contributed by atoms with Crippen molar-refractivity contribution in [1.29, 1.82) is 0 Å². The average molecular weight is 396 g/mol. The number of carbonyl (C=O) groups is 3. The van der Waals surface area contributed by atoms with Crippen LogP contribution in [0.25, 0.3) is 0 Å². The Morgan fingerprint density at radius 3 is 1.90 bits per heavy atom. The molecular weight excluding hydrogens is 368 g/mol. The molecule has 0 aliphatic heterocycles. The molecule has 2 aromatic rings. The molecular formula is C23H28N2O4. The van der Waals surface area contributed by atoms with Gasteiger partial charge >= 0.3 is 0 Å². The van der Waals surface area contributed by atoms with Crippen LogP contribution < -0.4 is 15.4 Å². The number of carbonyl (C=O) groups excluding carboxylic acids is 3. The number of hydrogen-bond acceptors (Lipinski definition) is 4. The van der Waals surface area contributed by atoms with Crippen molar-refractivity contribution in [2.45, 2.75) is 40.0 Å². The normalized spacial score (nSPS) is 10.5. The van der Waals surface area contributed by atoms with E-state index in [2.05, 4.69) is 10.6 Å². The first-order valence-corrected chi connectivity index (χ1v) is 9.83. The van der Waals surface area contributed by atoms with Crippen molar-refractivity contribution in [3.63, 3.8) is 0 Å². The van der Waals surface area contributed by atoms with Gasteiger partial charge in [0.2, 0.25) is 11.8 Å². The minimum atomic E-state index is -0.235. The van der Waals surface area contributed by atoms with Crippen molar-refractivity contribution < 1.29 is 19.1 Å². The predicted octanol–water partition coefficient (Wildman–Crippen LogP) is 4.67. The van der Waals surface area contributed by atoms with Crippen LogP contribution in [0.5, 0.6) is 5.75 Å². The van der Waals surface area contributed by atoms with E-state index in [1.807, 2.05) is 20.8 Å². The Balaban J connectivity index is 1.79. The summed E-state index contributed by atoms with van der Waals surface area (Å²) in [5, 5.41) is 5.58. The second-order valence-electron chi connectivity index (χ2n) is 7.15. The fourth-order valence-corrected chi connectivity index (χ4v) is 2.72. The summed E-state index contributed by atoms with van der Waals surface area (Å²) in [5.74, 6) is 0.640. The van der Waals surface area contributed by atoms with Gasteiger partial charge in [-0.05, 0) is 61.4 Å². The molecule has 2 N–H and O–H groups in total. The van der Waals surface area contributed by atoms with Crippen molar-refractivity contribution in [2.24, 2.45) is 5.92 Å². The SMILES string of the molecule is CCOc1ccc(C(=O)CCC(=O)Nc2ccc(NC(=O)CC(C)C)cc2)cc1. The van der Waals surface area contributed by atoms with E-state index in [-0.39, 0.29) is 30.4 Å². The van der Waals surface area contributed by atoms with Gasteiger partial charge in [0.25, 0.3) is 0 Å². The van der Waals surface area contributed by atoms with Crippen LogP contribution in [0.4, 0.5) is 11.4 Å². The number of amides is 2. The average Bonchev–Trinajstić information content (AvgIpc) is 2.68. The van der Waals surface area contributed by atoms with Crippen LogP contribution in [0.3, 0.4) is 0 Å². The Morgan fingerprint density at radius 1 is 0.828 bits per heavy atom. The minimum Gasteiger partial charge on any atom is -0.494 e. The van der Waals surface area contributed by atoms with Crippen molar-refractivity contribution >= 4 is 29.0 Å². The monoisotopic (exact) mass is 396 g/mol. The Labute approximate surface area is 171 Å². The van der Waals surface area contributed by atoms with E-state index in [0.717, 1.165) is 0 Å². The lowest BCUT2D eigenvalue weighted by molar-refractivity contribution is -0.117. The first kappa shape index (κ1) is 22.1. The van der Waals surface area contributed by atoms with Gasteiger partial charge in [0.05, 0.1) is 6.61 Å². The fourth-order valence-electron chi connectivity index (χ4n) is 2.72. The van der Waals surface area contributed by atoms with Crippen LogP contribution in [0.2, 0.25) is 0 Å². The van der Waals surface area contributed by atoms with Gasteiger partial charge in [-0.2, -0.15) is 0 Å².